The quantitative estimate of drug-likeness (QED) is 0.472. The number of benzene rings is 1. The van der Waals surface area contributed by atoms with Crippen LogP contribution in [0.25, 0.3) is 0 Å². The van der Waals surface area contributed by atoms with Gasteiger partial charge in [0.1, 0.15) is 6.04 Å². The molecule has 1 aliphatic heterocycles. The Balaban J connectivity index is 1.55. The van der Waals surface area contributed by atoms with Crippen LogP contribution < -0.4 is 5.32 Å². The molecule has 8 heteroatoms. The van der Waals surface area contributed by atoms with E-state index in [1.807, 2.05) is 12.2 Å². The molecule has 3 rings (SSSR count). The number of nitrogens with zero attached hydrogens (tertiary/aromatic N) is 1. The average Bonchev–Trinajstić information content (AvgIpc) is 2.90. The highest BCUT2D eigenvalue weighted by molar-refractivity contribution is 6.30. The van der Waals surface area contributed by atoms with E-state index in [2.05, 4.69) is 5.32 Å². The highest BCUT2D eigenvalue weighted by Crippen LogP contribution is 2.36. The van der Waals surface area contributed by atoms with Crippen LogP contribution in [0.2, 0.25) is 5.02 Å². The Morgan fingerprint density at radius 1 is 1.22 bits per heavy atom. The molecule has 1 aliphatic carbocycles. The first-order chi connectivity index (χ1) is 12.9. The van der Waals surface area contributed by atoms with Gasteiger partial charge in [0.05, 0.1) is 11.8 Å². The molecule has 0 saturated carbocycles. The molecule has 2 aliphatic rings. The second kappa shape index (κ2) is 7.92. The maximum atomic E-state index is 12.5. The number of nitrogens with one attached hydrogen (secondary N) is 1. The number of carbonyl (C=O) groups is 4. The van der Waals surface area contributed by atoms with E-state index in [4.69, 9.17) is 16.3 Å². The molecule has 1 aromatic carbocycles. The lowest BCUT2D eigenvalue weighted by Crippen LogP contribution is -2.45. The molecule has 1 saturated heterocycles. The summed E-state index contributed by atoms with van der Waals surface area (Å²) in [5.41, 5.74) is 0.470. The van der Waals surface area contributed by atoms with Crippen molar-refractivity contribution in [2.24, 2.45) is 11.8 Å². The molecule has 1 heterocycles. The van der Waals surface area contributed by atoms with E-state index in [1.54, 1.807) is 24.3 Å². The van der Waals surface area contributed by atoms with Gasteiger partial charge in [-0.1, -0.05) is 29.8 Å². The molecule has 0 bridgehead atoms. The van der Waals surface area contributed by atoms with Gasteiger partial charge in [0.2, 0.25) is 11.8 Å². The Morgan fingerprint density at radius 2 is 1.85 bits per heavy atom. The summed E-state index contributed by atoms with van der Waals surface area (Å²) >= 11 is 5.84. The molecule has 3 atom stereocenters. The summed E-state index contributed by atoms with van der Waals surface area (Å²) in [5, 5.41) is 3.01. The number of hydrogen-bond acceptors (Lipinski definition) is 5. The van der Waals surface area contributed by atoms with Gasteiger partial charge >= 0.3 is 5.97 Å². The number of anilines is 1. The third kappa shape index (κ3) is 4.03. The van der Waals surface area contributed by atoms with Gasteiger partial charge in [0, 0.05) is 10.7 Å². The fraction of sp³-hybridized carbons (Fsp3) is 0.368. The number of esters is 1. The van der Waals surface area contributed by atoms with Crippen molar-refractivity contribution in [3.05, 3.63) is 41.4 Å². The second-order valence-corrected chi connectivity index (χ2v) is 6.98. The van der Waals surface area contributed by atoms with Crippen LogP contribution in [0, 0.1) is 11.8 Å². The lowest BCUT2D eigenvalue weighted by Gasteiger charge is -2.21. The molecule has 1 aromatic rings. The number of allylic oxidation sites excluding steroid dienone is 2. The van der Waals surface area contributed by atoms with E-state index in [-0.39, 0.29) is 11.8 Å². The van der Waals surface area contributed by atoms with Crippen LogP contribution in [0.5, 0.6) is 0 Å². The van der Waals surface area contributed by atoms with Gasteiger partial charge in [-0.05, 0) is 38.0 Å². The fourth-order valence-corrected chi connectivity index (χ4v) is 3.52. The number of ether oxygens (including phenoxy) is 1. The molecule has 27 heavy (non-hydrogen) atoms. The van der Waals surface area contributed by atoms with Crippen LogP contribution in [0.1, 0.15) is 19.8 Å². The van der Waals surface area contributed by atoms with E-state index < -0.39 is 36.4 Å². The van der Waals surface area contributed by atoms with E-state index >= 15 is 0 Å². The number of likely N-dealkylation sites (tertiary alicyclic amines) is 1. The summed E-state index contributed by atoms with van der Waals surface area (Å²) in [7, 11) is 0. The minimum atomic E-state index is -1.07. The number of imide groups is 1. The van der Waals surface area contributed by atoms with Gasteiger partial charge in [-0.2, -0.15) is 0 Å². The Bertz CT molecular complexity index is 796. The smallest absolute Gasteiger partial charge is 0.329 e. The van der Waals surface area contributed by atoms with Crippen LogP contribution in [-0.2, 0) is 23.9 Å². The largest absolute Gasteiger partial charge is 0.454 e. The summed E-state index contributed by atoms with van der Waals surface area (Å²) < 4.78 is 4.98. The van der Waals surface area contributed by atoms with E-state index in [0.717, 1.165) is 4.90 Å². The Labute approximate surface area is 161 Å². The maximum Gasteiger partial charge on any atom is 0.329 e. The SMILES string of the molecule is C[C@@H](C(=O)OCC(=O)Nc1cccc(Cl)c1)N1C(=O)[C@H]2CC=CC[C@@H]2C1=O. The number of amides is 3. The van der Waals surface area contributed by atoms with Crippen molar-refractivity contribution in [2.75, 3.05) is 11.9 Å². The molecule has 1 fully saturated rings. The zero-order valence-electron chi connectivity index (χ0n) is 14.7. The van der Waals surface area contributed by atoms with Crippen LogP contribution in [0.15, 0.2) is 36.4 Å². The topological polar surface area (TPSA) is 92.8 Å². The van der Waals surface area contributed by atoms with Gasteiger partial charge in [0.15, 0.2) is 6.61 Å². The minimum absolute atomic E-state index is 0.359. The van der Waals surface area contributed by atoms with Crippen molar-refractivity contribution in [1.82, 2.24) is 4.90 Å². The molecule has 7 nitrogen and oxygen atoms in total. The molecular weight excluding hydrogens is 372 g/mol. The third-order valence-electron chi connectivity index (χ3n) is 4.72. The van der Waals surface area contributed by atoms with Crippen molar-refractivity contribution in [1.29, 1.82) is 0 Å². The van der Waals surface area contributed by atoms with Crippen molar-refractivity contribution < 1.29 is 23.9 Å². The van der Waals surface area contributed by atoms with Gasteiger partial charge in [-0.25, -0.2) is 4.79 Å². The number of hydrogen-bond donors (Lipinski definition) is 1. The van der Waals surface area contributed by atoms with Crippen LogP contribution in [0.4, 0.5) is 5.69 Å². The molecule has 0 aromatic heterocycles. The summed E-state index contributed by atoms with van der Waals surface area (Å²) in [6.07, 6.45) is 4.74. The highest BCUT2D eigenvalue weighted by atomic mass is 35.5. The van der Waals surface area contributed by atoms with E-state index in [0.29, 0.717) is 23.6 Å². The molecule has 142 valence electrons. The summed E-state index contributed by atoms with van der Waals surface area (Å²) in [6.45, 7) is 0.901. The maximum absolute atomic E-state index is 12.5. The van der Waals surface area contributed by atoms with E-state index in [9.17, 15) is 19.2 Å². The standard InChI is InChI=1S/C19H19ClN2O5/c1-11(22-17(24)14-7-2-3-8-15(14)18(22)25)19(26)27-10-16(23)21-13-6-4-5-12(20)9-13/h2-6,9,11,14-15H,7-8,10H2,1H3,(H,21,23)/t11-,14-,15-/m0/s1. The van der Waals surface area contributed by atoms with Gasteiger partial charge in [-0.15, -0.1) is 0 Å². The van der Waals surface area contributed by atoms with Gasteiger partial charge in [-0.3, -0.25) is 19.3 Å². The second-order valence-electron chi connectivity index (χ2n) is 6.54. The van der Waals surface area contributed by atoms with Crippen molar-refractivity contribution >= 4 is 41.0 Å². The van der Waals surface area contributed by atoms with Crippen LogP contribution >= 0.6 is 11.6 Å². The van der Waals surface area contributed by atoms with Gasteiger partial charge < -0.3 is 10.1 Å². The fourth-order valence-electron chi connectivity index (χ4n) is 3.33. The normalized spacial score (nSPS) is 22.4. The van der Waals surface area contributed by atoms with Crippen molar-refractivity contribution in [3.8, 4) is 0 Å². The first-order valence-corrected chi connectivity index (χ1v) is 9.00. The molecular formula is C19H19ClN2O5. The lowest BCUT2D eigenvalue weighted by atomic mass is 9.85. The molecule has 0 unspecified atom stereocenters. The average molecular weight is 391 g/mol. The molecule has 3 amide bonds. The third-order valence-corrected chi connectivity index (χ3v) is 4.96. The Morgan fingerprint density at radius 3 is 2.44 bits per heavy atom. The Hall–Kier alpha value is -2.67. The zero-order chi connectivity index (χ0) is 19.6. The lowest BCUT2D eigenvalue weighted by molar-refractivity contribution is -0.159. The predicted molar refractivity (Wildman–Crippen MR) is 97.7 cm³/mol. The monoisotopic (exact) mass is 390 g/mol. The van der Waals surface area contributed by atoms with E-state index in [1.165, 1.54) is 6.92 Å². The van der Waals surface area contributed by atoms with Crippen LogP contribution in [-0.4, -0.2) is 41.2 Å². The highest BCUT2D eigenvalue weighted by Gasteiger charge is 2.50. The number of halogens is 1. The molecule has 0 radical (unpaired) electrons. The van der Waals surface area contributed by atoms with Crippen molar-refractivity contribution in [2.45, 2.75) is 25.8 Å². The van der Waals surface area contributed by atoms with Gasteiger partial charge in [0.25, 0.3) is 5.91 Å². The first kappa shape index (κ1) is 19.1. The first-order valence-electron chi connectivity index (χ1n) is 8.62. The number of rotatable bonds is 5. The number of carbonyl (C=O) groups excluding carboxylic acids is 4. The Kier molecular flexibility index (Phi) is 5.60. The number of fused-ring (bicyclic) bond motifs is 1. The molecule has 1 N–H and O–H groups in total. The van der Waals surface area contributed by atoms with Crippen LogP contribution in [0.3, 0.4) is 0 Å². The molecule has 0 spiro atoms. The summed E-state index contributed by atoms with van der Waals surface area (Å²) in [5.74, 6) is -2.89. The van der Waals surface area contributed by atoms with Crippen molar-refractivity contribution in [3.63, 3.8) is 0 Å². The summed E-state index contributed by atoms with van der Waals surface area (Å²) in [6, 6.07) is 5.46. The zero-order valence-corrected chi connectivity index (χ0v) is 15.4. The predicted octanol–water partition coefficient (Wildman–Crippen LogP) is 2.16. The summed E-state index contributed by atoms with van der Waals surface area (Å²) in [4.78, 5) is 50.1. The minimum Gasteiger partial charge on any atom is -0.454 e.